The number of rotatable bonds is 7. The van der Waals surface area contributed by atoms with Crippen LogP contribution in [0.4, 0.5) is 0 Å². The molecule has 0 aliphatic carbocycles. The van der Waals surface area contributed by atoms with Gasteiger partial charge in [-0.3, -0.25) is 9.59 Å². The number of amides is 1. The minimum absolute atomic E-state index is 0.265. The Morgan fingerprint density at radius 1 is 1.14 bits per heavy atom. The van der Waals surface area contributed by atoms with Gasteiger partial charge in [-0.15, -0.1) is 0 Å². The molecule has 1 aliphatic heterocycles. The summed E-state index contributed by atoms with van der Waals surface area (Å²) in [5.41, 5.74) is 3.83. The lowest BCUT2D eigenvalue weighted by Crippen LogP contribution is -2.40. The maximum absolute atomic E-state index is 12.8. The minimum atomic E-state index is -1.02. The van der Waals surface area contributed by atoms with Crippen LogP contribution in [-0.2, 0) is 16.0 Å². The number of hydrogen-bond donors (Lipinski definition) is 2. The van der Waals surface area contributed by atoms with Crippen LogP contribution in [-0.4, -0.2) is 37.3 Å². The fraction of sp³-hybridized carbons (Fsp3) is 0.364. The highest BCUT2D eigenvalue weighted by Crippen LogP contribution is 2.33. The molecular weight excluding hydrogens is 374 g/mol. The Morgan fingerprint density at radius 2 is 1.83 bits per heavy atom. The smallest absolute Gasteiger partial charge is 0.305 e. The van der Waals surface area contributed by atoms with Crippen molar-refractivity contribution >= 4 is 11.9 Å². The Hall–Kier alpha value is -3.22. The number of carboxylic acid groups (broad SMARTS) is 1. The topological polar surface area (TPSA) is 94.1 Å². The van der Waals surface area contributed by atoms with Gasteiger partial charge in [-0.05, 0) is 54.3 Å². The van der Waals surface area contributed by atoms with Gasteiger partial charge in [0.25, 0.3) is 5.91 Å². The van der Waals surface area contributed by atoms with E-state index in [4.69, 9.17) is 14.2 Å². The summed E-state index contributed by atoms with van der Waals surface area (Å²) in [6, 6.07) is 8.30. The Bertz CT molecular complexity index is 908. The molecule has 1 amide bonds. The van der Waals surface area contributed by atoms with E-state index in [0.29, 0.717) is 29.2 Å². The van der Waals surface area contributed by atoms with Crippen LogP contribution in [0.25, 0.3) is 0 Å². The van der Waals surface area contributed by atoms with Crippen molar-refractivity contribution in [1.29, 1.82) is 0 Å². The summed E-state index contributed by atoms with van der Waals surface area (Å²) in [7, 11) is 3.02. The number of methoxy groups -OCH3 is 2. The quantitative estimate of drug-likeness (QED) is 0.743. The molecule has 0 radical (unpaired) electrons. The van der Waals surface area contributed by atoms with Crippen molar-refractivity contribution in [2.24, 2.45) is 0 Å². The second-order valence-electron chi connectivity index (χ2n) is 7.13. The molecule has 1 aliphatic rings. The number of carbonyl (C=O) groups excluding carboxylic acids is 1. The van der Waals surface area contributed by atoms with Gasteiger partial charge in [-0.25, -0.2) is 0 Å². The number of ether oxygens (including phenoxy) is 3. The second kappa shape index (κ2) is 8.43. The lowest BCUT2D eigenvalue weighted by Gasteiger charge is -2.21. The van der Waals surface area contributed by atoms with Gasteiger partial charge in [-0.2, -0.15) is 0 Å². The summed E-state index contributed by atoms with van der Waals surface area (Å²) >= 11 is 0. The van der Waals surface area contributed by atoms with Crippen molar-refractivity contribution in [2.75, 3.05) is 14.2 Å². The van der Waals surface area contributed by atoms with Crippen molar-refractivity contribution in [1.82, 2.24) is 5.32 Å². The lowest BCUT2D eigenvalue weighted by molar-refractivity contribution is -0.138. The first-order chi connectivity index (χ1) is 13.8. The highest BCUT2D eigenvalue weighted by atomic mass is 16.5. The molecule has 0 saturated carbocycles. The van der Waals surface area contributed by atoms with Crippen LogP contribution >= 0.6 is 0 Å². The number of aliphatic carboxylic acids is 1. The van der Waals surface area contributed by atoms with E-state index in [1.165, 1.54) is 14.2 Å². The highest BCUT2D eigenvalue weighted by molar-refractivity contribution is 5.83. The standard InChI is InChI=1S/C22H25NO6/c1-12-7-15-10-20(29-18(15)8-13(12)2)22(26)23-16(11-21(24)25)14-5-6-17(27-3)19(9-14)28-4/h5-9,16,20H,10-11H2,1-4H3,(H,23,26)(H,24,25)/t16-,20-/m1/s1. The molecule has 7 nitrogen and oxygen atoms in total. The summed E-state index contributed by atoms with van der Waals surface area (Å²) in [5, 5.41) is 12.1. The van der Waals surface area contributed by atoms with Gasteiger partial charge in [0.05, 0.1) is 26.7 Å². The first-order valence-electron chi connectivity index (χ1n) is 9.33. The van der Waals surface area contributed by atoms with E-state index in [0.717, 1.165) is 16.7 Å². The summed E-state index contributed by atoms with van der Waals surface area (Å²) in [6.07, 6.45) is -0.504. The normalized spacial score (nSPS) is 15.8. The van der Waals surface area contributed by atoms with Crippen molar-refractivity contribution in [3.63, 3.8) is 0 Å². The van der Waals surface area contributed by atoms with Crippen LogP contribution in [0.3, 0.4) is 0 Å². The number of nitrogens with one attached hydrogen (secondary N) is 1. The molecule has 2 atom stereocenters. The molecule has 0 spiro atoms. The predicted octanol–water partition coefficient (Wildman–Crippen LogP) is 2.96. The Labute approximate surface area is 169 Å². The maximum atomic E-state index is 12.8. The van der Waals surface area contributed by atoms with Crippen LogP contribution in [0.15, 0.2) is 30.3 Å². The van der Waals surface area contributed by atoms with Gasteiger partial charge in [0.15, 0.2) is 17.6 Å². The van der Waals surface area contributed by atoms with Gasteiger partial charge >= 0.3 is 5.97 Å². The molecule has 0 aromatic heterocycles. The van der Waals surface area contributed by atoms with E-state index in [1.807, 2.05) is 26.0 Å². The third-order valence-corrected chi connectivity index (χ3v) is 5.15. The zero-order valence-electron chi connectivity index (χ0n) is 16.9. The first-order valence-corrected chi connectivity index (χ1v) is 9.33. The molecule has 0 fully saturated rings. The van der Waals surface area contributed by atoms with E-state index >= 15 is 0 Å². The molecule has 0 unspecified atom stereocenters. The highest BCUT2D eigenvalue weighted by Gasteiger charge is 2.31. The molecule has 0 saturated heterocycles. The van der Waals surface area contributed by atoms with E-state index in [-0.39, 0.29) is 12.3 Å². The SMILES string of the molecule is COc1ccc([C@@H](CC(=O)O)NC(=O)[C@H]2Cc3cc(C)c(C)cc3O2)cc1OC. The molecule has 154 valence electrons. The lowest BCUT2D eigenvalue weighted by atomic mass is 10.0. The average molecular weight is 399 g/mol. The van der Waals surface area contributed by atoms with Crippen LogP contribution in [0.1, 0.15) is 34.7 Å². The molecule has 2 N–H and O–H groups in total. The minimum Gasteiger partial charge on any atom is -0.493 e. The summed E-state index contributed by atoms with van der Waals surface area (Å²) < 4.78 is 16.3. The van der Waals surface area contributed by atoms with Crippen LogP contribution < -0.4 is 19.5 Å². The van der Waals surface area contributed by atoms with Gasteiger partial charge in [-0.1, -0.05) is 12.1 Å². The molecule has 2 aromatic rings. The third kappa shape index (κ3) is 4.45. The summed E-state index contributed by atoms with van der Waals surface area (Å²) in [4.78, 5) is 24.2. The molecule has 7 heteroatoms. The van der Waals surface area contributed by atoms with E-state index in [2.05, 4.69) is 5.32 Å². The monoisotopic (exact) mass is 399 g/mol. The summed E-state index contributed by atoms with van der Waals surface area (Å²) in [5.74, 6) is 0.320. The van der Waals surface area contributed by atoms with Crippen molar-refractivity contribution in [2.45, 2.75) is 38.8 Å². The van der Waals surface area contributed by atoms with Gasteiger partial charge in [0, 0.05) is 6.42 Å². The second-order valence-corrected chi connectivity index (χ2v) is 7.13. The largest absolute Gasteiger partial charge is 0.493 e. The molecule has 1 heterocycles. The fourth-order valence-electron chi connectivity index (χ4n) is 3.42. The van der Waals surface area contributed by atoms with Gasteiger partial charge in [0.2, 0.25) is 0 Å². The molecule has 3 rings (SSSR count). The Kier molecular flexibility index (Phi) is 5.96. The van der Waals surface area contributed by atoms with Crippen LogP contribution in [0.5, 0.6) is 17.2 Å². The number of aryl methyl sites for hydroxylation is 2. The van der Waals surface area contributed by atoms with E-state index in [9.17, 15) is 14.7 Å². The number of fused-ring (bicyclic) bond motifs is 1. The Morgan fingerprint density at radius 3 is 2.48 bits per heavy atom. The van der Waals surface area contributed by atoms with Crippen molar-refractivity contribution < 1.29 is 28.9 Å². The van der Waals surface area contributed by atoms with Crippen molar-refractivity contribution in [3.05, 3.63) is 52.6 Å². The maximum Gasteiger partial charge on any atom is 0.305 e. The molecule has 0 bridgehead atoms. The number of hydrogen-bond acceptors (Lipinski definition) is 5. The average Bonchev–Trinajstić information content (AvgIpc) is 3.09. The van der Waals surface area contributed by atoms with Gasteiger partial charge in [0.1, 0.15) is 5.75 Å². The Balaban J connectivity index is 1.79. The number of benzene rings is 2. The van der Waals surface area contributed by atoms with Crippen LogP contribution in [0, 0.1) is 13.8 Å². The number of carboxylic acids is 1. The predicted molar refractivity (Wildman–Crippen MR) is 107 cm³/mol. The zero-order chi connectivity index (χ0) is 21.1. The van der Waals surface area contributed by atoms with Gasteiger partial charge < -0.3 is 24.6 Å². The van der Waals surface area contributed by atoms with Crippen molar-refractivity contribution in [3.8, 4) is 17.2 Å². The number of carbonyl (C=O) groups is 2. The molecule has 2 aromatic carbocycles. The zero-order valence-corrected chi connectivity index (χ0v) is 16.9. The van der Waals surface area contributed by atoms with E-state index < -0.39 is 18.1 Å². The first kappa shape index (κ1) is 20.5. The fourth-order valence-corrected chi connectivity index (χ4v) is 3.42. The van der Waals surface area contributed by atoms with E-state index in [1.54, 1.807) is 18.2 Å². The van der Waals surface area contributed by atoms with Crippen LogP contribution in [0.2, 0.25) is 0 Å². The summed E-state index contributed by atoms with van der Waals surface area (Å²) in [6.45, 7) is 4.01. The molecule has 29 heavy (non-hydrogen) atoms. The third-order valence-electron chi connectivity index (χ3n) is 5.15. The molecular formula is C22H25NO6.